The Morgan fingerprint density at radius 1 is 1.17 bits per heavy atom. The van der Waals surface area contributed by atoms with Crippen LogP contribution in [0.5, 0.6) is 0 Å². The number of alkyl halides is 3. The van der Waals surface area contributed by atoms with Crippen LogP contribution in [0.2, 0.25) is 5.02 Å². The van der Waals surface area contributed by atoms with Crippen LogP contribution in [0.3, 0.4) is 0 Å². The number of aromatic nitrogens is 1. The van der Waals surface area contributed by atoms with Crippen LogP contribution in [0, 0.1) is 0 Å². The zero-order valence-corrected chi connectivity index (χ0v) is 22.5. The number of carboxylic acids is 1. The summed E-state index contributed by atoms with van der Waals surface area (Å²) in [6.07, 6.45) is -3.68. The molecule has 0 radical (unpaired) electrons. The highest BCUT2D eigenvalue weighted by Gasteiger charge is 2.45. The fourth-order valence-electron chi connectivity index (χ4n) is 4.32. The van der Waals surface area contributed by atoms with Crippen molar-refractivity contribution in [2.24, 2.45) is 4.99 Å². The summed E-state index contributed by atoms with van der Waals surface area (Å²) >= 11 is 6.68. The van der Waals surface area contributed by atoms with Crippen molar-refractivity contribution >= 4 is 41.0 Å². The predicted molar refractivity (Wildman–Crippen MR) is 143 cm³/mol. The smallest absolute Gasteiger partial charge is 0.434 e. The molecule has 3 heterocycles. The Bertz CT molecular complexity index is 1890. The molecule has 210 valence electrons. The molecular formula is C28H18ClF3N2O6S. The Labute approximate surface area is 237 Å². The van der Waals surface area contributed by atoms with E-state index in [9.17, 15) is 32.7 Å². The lowest BCUT2D eigenvalue weighted by molar-refractivity contribution is -0.140. The van der Waals surface area contributed by atoms with Crippen LogP contribution in [0.15, 0.2) is 86.1 Å². The molecule has 0 amide bonds. The first-order chi connectivity index (χ1) is 19.5. The summed E-state index contributed by atoms with van der Waals surface area (Å²) < 4.78 is 54.4. The van der Waals surface area contributed by atoms with Crippen molar-refractivity contribution in [1.82, 2.24) is 4.57 Å². The van der Waals surface area contributed by atoms with Gasteiger partial charge in [-0.05, 0) is 48.9 Å². The van der Waals surface area contributed by atoms with Crippen molar-refractivity contribution in [3.63, 3.8) is 0 Å². The lowest BCUT2D eigenvalue weighted by Gasteiger charge is -2.26. The minimum absolute atomic E-state index is 0.00506. The standard InChI is InChI=1S/C28H18ClF3N2O6S/c1-2-39-26(38)21-22(14-6-8-17(29)9-7-14)34-24(35)20(41-27(34)33-23(21)28(30,31)32)13-18-10-11-19(40-18)15-4-3-5-16(12-15)25(36)37/h3-13,22H,2H2,1H3,(H,36,37)/b20-13-/t22-/m1/s1. The van der Waals surface area contributed by atoms with Crippen molar-refractivity contribution in [3.8, 4) is 11.3 Å². The molecule has 1 aliphatic heterocycles. The lowest BCUT2D eigenvalue weighted by atomic mass is 9.95. The van der Waals surface area contributed by atoms with Gasteiger partial charge in [-0.3, -0.25) is 9.36 Å². The summed E-state index contributed by atoms with van der Waals surface area (Å²) in [5, 5.41) is 9.55. The van der Waals surface area contributed by atoms with Gasteiger partial charge in [-0.15, -0.1) is 0 Å². The average molecular weight is 603 g/mol. The van der Waals surface area contributed by atoms with E-state index in [1.54, 1.807) is 18.2 Å². The summed E-state index contributed by atoms with van der Waals surface area (Å²) in [5.74, 6) is -1.86. The molecule has 8 nitrogen and oxygen atoms in total. The van der Waals surface area contributed by atoms with Gasteiger partial charge in [-0.2, -0.15) is 13.2 Å². The number of halogens is 4. The molecule has 2 aromatic heterocycles. The van der Waals surface area contributed by atoms with Crippen LogP contribution < -0.4 is 14.9 Å². The molecule has 1 aliphatic rings. The van der Waals surface area contributed by atoms with Gasteiger partial charge in [-0.1, -0.05) is 47.2 Å². The largest absolute Gasteiger partial charge is 0.478 e. The van der Waals surface area contributed by atoms with Gasteiger partial charge < -0.3 is 14.3 Å². The SMILES string of the molecule is CCOC(=O)C1=C(C(F)(F)F)N=c2s/c(=C\c3ccc(-c4cccc(C(=O)O)c4)o3)c(=O)n2[C@@H]1c1ccc(Cl)cc1. The van der Waals surface area contributed by atoms with Crippen molar-refractivity contribution < 1.29 is 37.0 Å². The third-order valence-electron chi connectivity index (χ3n) is 6.07. The molecule has 0 saturated carbocycles. The van der Waals surface area contributed by atoms with E-state index in [-0.39, 0.29) is 32.8 Å². The first kappa shape index (κ1) is 28.1. The Hall–Kier alpha value is -4.42. The number of ether oxygens (including phenoxy) is 1. The molecule has 0 fully saturated rings. The number of nitrogens with zero attached hydrogens (tertiary/aromatic N) is 2. The molecule has 4 aromatic rings. The molecular weight excluding hydrogens is 585 g/mol. The number of aromatic carboxylic acids is 1. The van der Waals surface area contributed by atoms with Crippen LogP contribution in [0.25, 0.3) is 17.4 Å². The topological polar surface area (TPSA) is 111 Å². The van der Waals surface area contributed by atoms with E-state index in [1.165, 1.54) is 55.5 Å². The molecule has 0 aliphatic carbocycles. The summed E-state index contributed by atoms with van der Waals surface area (Å²) in [5.41, 5.74) is -2.26. The maximum atomic E-state index is 14.2. The van der Waals surface area contributed by atoms with Crippen LogP contribution >= 0.6 is 22.9 Å². The highest BCUT2D eigenvalue weighted by Crippen LogP contribution is 2.38. The van der Waals surface area contributed by atoms with Crippen LogP contribution in [0.4, 0.5) is 13.2 Å². The van der Waals surface area contributed by atoms with Crippen molar-refractivity contribution in [1.29, 1.82) is 0 Å². The van der Waals surface area contributed by atoms with Gasteiger partial charge >= 0.3 is 18.1 Å². The number of furan rings is 1. The number of carbonyl (C=O) groups is 2. The number of hydrogen-bond donors (Lipinski definition) is 1. The van der Waals surface area contributed by atoms with Crippen molar-refractivity contribution in [3.05, 3.63) is 114 Å². The number of carbonyl (C=O) groups excluding carboxylic acids is 1. The van der Waals surface area contributed by atoms with Gasteiger partial charge in [-0.25, -0.2) is 14.6 Å². The summed E-state index contributed by atoms with van der Waals surface area (Å²) in [6, 6.07) is 13.4. The second kappa shape index (κ2) is 10.9. The number of thiazole rings is 1. The van der Waals surface area contributed by atoms with Crippen LogP contribution in [-0.2, 0) is 9.53 Å². The molecule has 1 N–H and O–H groups in total. The van der Waals surface area contributed by atoms with Gasteiger partial charge in [0.25, 0.3) is 5.56 Å². The molecule has 13 heteroatoms. The fourth-order valence-corrected chi connectivity index (χ4v) is 5.43. The van der Waals surface area contributed by atoms with Crippen LogP contribution in [-0.4, -0.2) is 34.4 Å². The first-order valence-electron chi connectivity index (χ1n) is 12.0. The van der Waals surface area contributed by atoms with E-state index < -0.39 is 41.0 Å². The fraction of sp³-hybridized carbons (Fsp3) is 0.143. The minimum Gasteiger partial charge on any atom is -0.478 e. The Balaban J connectivity index is 1.68. The molecule has 41 heavy (non-hydrogen) atoms. The van der Waals surface area contributed by atoms with E-state index in [1.807, 2.05) is 0 Å². The Morgan fingerprint density at radius 2 is 1.90 bits per heavy atom. The number of benzene rings is 2. The minimum atomic E-state index is -5.03. The number of hydrogen-bond acceptors (Lipinski definition) is 7. The third-order valence-corrected chi connectivity index (χ3v) is 7.31. The van der Waals surface area contributed by atoms with Gasteiger partial charge in [0.05, 0.1) is 28.3 Å². The van der Waals surface area contributed by atoms with E-state index in [0.29, 0.717) is 27.7 Å². The highest BCUT2D eigenvalue weighted by atomic mass is 35.5. The van der Waals surface area contributed by atoms with Crippen LogP contribution in [0.1, 0.15) is 34.6 Å². The predicted octanol–water partition coefficient (Wildman–Crippen LogP) is 4.95. The zero-order valence-electron chi connectivity index (χ0n) is 20.9. The third kappa shape index (κ3) is 5.48. The molecule has 0 saturated heterocycles. The molecule has 0 spiro atoms. The highest BCUT2D eigenvalue weighted by molar-refractivity contribution is 7.07. The molecule has 2 aromatic carbocycles. The first-order valence-corrected chi connectivity index (χ1v) is 13.2. The maximum absolute atomic E-state index is 14.2. The summed E-state index contributed by atoms with van der Waals surface area (Å²) in [7, 11) is 0. The second-order valence-corrected chi connectivity index (χ2v) is 10.1. The molecule has 0 bridgehead atoms. The number of fused-ring (bicyclic) bond motifs is 1. The lowest BCUT2D eigenvalue weighted by Crippen LogP contribution is -2.41. The zero-order chi connectivity index (χ0) is 29.5. The second-order valence-electron chi connectivity index (χ2n) is 8.70. The Kier molecular flexibility index (Phi) is 7.45. The van der Waals surface area contributed by atoms with E-state index in [2.05, 4.69) is 4.99 Å². The summed E-state index contributed by atoms with van der Waals surface area (Å²) in [6.45, 7) is 1.26. The van der Waals surface area contributed by atoms with Gasteiger partial charge in [0, 0.05) is 16.7 Å². The maximum Gasteiger partial charge on any atom is 0.434 e. The van der Waals surface area contributed by atoms with Crippen molar-refractivity contribution in [2.75, 3.05) is 6.61 Å². The number of carboxylic acid groups (broad SMARTS) is 1. The summed E-state index contributed by atoms with van der Waals surface area (Å²) in [4.78, 5) is 41.3. The monoisotopic (exact) mass is 602 g/mol. The van der Waals surface area contributed by atoms with E-state index >= 15 is 0 Å². The van der Waals surface area contributed by atoms with Gasteiger partial charge in [0.1, 0.15) is 11.5 Å². The molecule has 5 rings (SSSR count). The van der Waals surface area contributed by atoms with E-state index in [0.717, 1.165) is 4.57 Å². The number of allylic oxidation sites excluding steroid dienone is 1. The van der Waals surface area contributed by atoms with E-state index in [4.69, 9.17) is 20.8 Å². The number of esters is 1. The Morgan fingerprint density at radius 3 is 2.56 bits per heavy atom. The number of rotatable bonds is 6. The molecule has 0 unspecified atom stereocenters. The quantitative estimate of drug-likeness (QED) is 0.313. The molecule has 1 atom stereocenters. The average Bonchev–Trinajstić information content (AvgIpc) is 3.52. The van der Waals surface area contributed by atoms with Crippen molar-refractivity contribution in [2.45, 2.75) is 19.1 Å². The normalized spacial score (nSPS) is 15.4. The van der Waals surface area contributed by atoms with Gasteiger partial charge in [0.2, 0.25) is 0 Å². The van der Waals surface area contributed by atoms with Gasteiger partial charge in [0.15, 0.2) is 10.5 Å².